The minimum Gasteiger partial charge on any atom is -0.481 e. The molecule has 0 saturated carbocycles. The second-order valence-corrected chi connectivity index (χ2v) is 4.82. The second kappa shape index (κ2) is 8.74. The van der Waals surface area contributed by atoms with Crippen LogP contribution in [-0.4, -0.2) is 54.9 Å². The molecule has 2 N–H and O–H groups in total. The highest BCUT2D eigenvalue weighted by Crippen LogP contribution is 2.16. The molecule has 19 heavy (non-hydrogen) atoms. The number of carboxylic acids is 1. The topological polar surface area (TPSA) is 78.9 Å². The molecule has 1 aliphatic heterocycles. The van der Waals surface area contributed by atoms with E-state index >= 15 is 0 Å². The average molecular weight is 272 g/mol. The van der Waals surface area contributed by atoms with Crippen LogP contribution in [0.3, 0.4) is 0 Å². The van der Waals surface area contributed by atoms with E-state index in [4.69, 9.17) is 9.84 Å². The Morgan fingerprint density at radius 2 is 2.21 bits per heavy atom. The Labute approximate surface area is 114 Å². The first kappa shape index (κ1) is 15.8. The number of likely N-dealkylation sites (tertiary alicyclic amines) is 1. The summed E-state index contributed by atoms with van der Waals surface area (Å²) >= 11 is 0. The molecule has 0 spiro atoms. The van der Waals surface area contributed by atoms with Gasteiger partial charge < -0.3 is 20.1 Å². The Morgan fingerprint density at radius 1 is 1.42 bits per heavy atom. The van der Waals surface area contributed by atoms with Crippen LogP contribution in [0, 0.1) is 5.92 Å². The summed E-state index contributed by atoms with van der Waals surface area (Å²) in [5.41, 5.74) is 0. The summed E-state index contributed by atoms with van der Waals surface area (Å²) in [5, 5.41) is 11.8. The number of aliphatic carboxylic acids is 1. The van der Waals surface area contributed by atoms with E-state index in [9.17, 15) is 9.59 Å². The quantitative estimate of drug-likeness (QED) is 0.685. The highest BCUT2D eigenvalue weighted by atomic mass is 16.5. The number of hydrogen-bond acceptors (Lipinski definition) is 3. The zero-order valence-corrected chi connectivity index (χ0v) is 11.6. The third kappa shape index (κ3) is 5.92. The van der Waals surface area contributed by atoms with Crippen LogP contribution in [-0.2, 0) is 9.53 Å². The Balaban J connectivity index is 2.16. The molecule has 6 heteroatoms. The van der Waals surface area contributed by atoms with E-state index in [0.717, 1.165) is 25.9 Å². The van der Waals surface area contributed by atoms with Crippen LogP contribution in [0.1, 0.15) is 32.6 Å². The fraction of sp³-hybridized carbons (Fsp3) is 0.846. The molecule has 0 radical (unpaired) electrons. The van der Waals surface area contributed by atoms with Crippen molar-refractivity contribution in [2.75, 3.05) is 32.8 Å². The molecule has 1 rings (SSSR count). The molecular formula is C13H24N2O4. The Hall–Kier alpha value is -1.30. The van der Waals surface area contributed by atoms with Crippen molar-refractivity contribution >= 4 is 12.0 Å². The molecule has 0 aromatic carbocycles. The van der Waals surface area contributed by atoms with Crippen LogP contribution >= 0.6 is 0 Å². The maximum absolute atomic E-state index is 11.8. The van der Waals surface area contributed by atoms with Crippen LogP contribution < -0.4 is 5.32 Å². The first-order chi connectivity index (χ1) is 9.15. The molecule has 0 aromatic heterocycles. The molecule has 0 aliphatic carbocycles. The molecule has 6 nitrogen and oxygen atoms in total. The van der Waals surface area contributed by atoms with Crippen LogP contribution in [0.5, 0.6) is 0 Å². The molecule has 0 bridgehead atoms. The smallest absolute Gasteiger partial charge is 0.317 e. The third-order valence-corrected chi connectivity index (χ3v) is 3.15. The summed E-state index contributed by atoms with van der Waals surface area (Å²) in [5.74, 6) is -1.24. The minimum atomic E-state index is -0.814. The van der Waals surface area contributed by atoms with Gasteiger partial charge in [-0.2, -0.15) is 0 Å². The van der Waals surface area contributed by atoms with E-state index in [2.05, 4.69) is 12.2 Å². The normalized spacial score (nSPS) is 19.2. The number of amides is 2. The summed E-state index contributed by atoms with van der Waals surface area (Å²) in [7, 11) is 0. The van der Waals surface area contributed by atoms with Crippen LogP contribution in [0.4, 0.5) is 4.79 Å². The lowest BCUT2D eigenvalue weighted by molar-refractivity contribution is -0.143. The van der Waals surface area contributed by atoms with Gasteiger partial charge in [0.05, 0.1) is 5.92 Å². The number of hydrogen-bond donors (Lipinski definition) is 2. The number of carbonyl (C=O) groups is 2. The maximum atomic E-state index is 11.8. The Bertz CT molecular complexity index is 296. The standard InChI is InChI=1S/C13H24N2O4/c1-2-8-19-9-4-6-14-13(18)15-7-3-5-11(10-15)12(16)17/h11H,2-10H2,1H3,(H,14,18)(H,16,17). The van der Waals surface area contributed by atoms with Gasteiger partial charge >= 0.3 is 12.0 Å². The monoisotopic (exact) mass is 272 g/mol. The van der Waals surface area contributed by atoms with Gasteiger partial charge in [0.15, 0.2) is 0 Å². The van der Waals surface area contributed by atoms with Gasteiger partial charge in [0.1, 0.15) is 0 Å². The van der Waals surface area contributed by atoms with E-state index < -0.39 is 11.9 Å². The van der Waals surface area contributed by atoms with E-state index in [1.165, 1.54) is 0 Å². The van der Waals surface area contributed by atoms with Crippen molar-refractivity contribution in [2.45, 2.75) is 32.6 Å². The third-order valence-electron chi connectivity index (χ3n) is 3.15. The predicted octanol–water partition coefficient (Wildman–Crippen LogP) is 1.31. The zero-order chi connectivity index (χ0) is 14.1. The number of piperidine rings is 1. The average Bonchev–Trinajstić information content (AvgIpc) is 2.42. The van der Waals surface area contributed by atoms with Gasteiger partial charge in [-0.15, -0.1) is 0 Å². The van der Waals surface area contributed by atoms with Crippen molar-refractivity contribution in [1.82, 2.24) is 10.2 Å². The van der Waals surface area contributed by atoms with Gasteiger partial charge in [-0.3, -0.25) is 4.79 Å². The first-order valence-corrected chi connectivity index (χ1v) is 6.98. The number of nitrogens with zero attached hydrogens (tertiary/aromatic N) is 1. The van der Waals surface area contributed by atoms with Crippen molar-refractivity contribution in [3.8, 4) is 0 Å². The predicted molar refractivity (Wildman–Crippen MR) is 71.1 cm³/mol. The van der Waals surface area contributed by atoms with Crippen LogP contribution in [0.2, 0.25) is 0 Å². The number of carbonyl (C=O) groups excluding carboxylic acids is 1. The van der Waals surface area contributed by atoms with Gasteiger partial charge in [0.25, 0.3) is 0 Å². The number of ether oxygens (including phenoxy) is 1. The fourth-order valence-electron chi connectivity index (χ4n) is 2.09. The first-order valence-electron chi connectivity index (χ1n) is 6.98. The molecule has 1 atom stereocenters. The number of carboxylic acid groups (broad SMARTS) is 1. The summed E-state index contributed by atoms with van der Waals surface area (Å²) in [6.07, 6.45) is 3.19. The Morgan fingerprint density at radius 3 is 2.89 bits per heavy atom. The fourth-order valence-corrected chi connectivity index (χ4v) is 2.09. The highest BCUT2D eigenvalue weighted by Gasteiger charge is 2.27. The van der Waals surface area contributed by atoms with E-state index in [0.29, 0.717) is 32.7 Å². The number of urea groups is 1. The van der Waals surface area contributed by atoms with Crippen LogP contribution in [0.25, 0.3) is 0 Å². The molecule has 1 heterocycles. The van der Waals surface area contributed by atoms with Crippen LogP contribution in [0.15, 0.2) is 0 Å². The van der Waals surface area contributed by atoms with Gasteiger partial charge in [-0.25, -0.2) is 4.79 Å². The molecule has 2 amide bonds. The van der Waals surface area contributed by atoms with E-state index in [1.807, 2.05) is 0 Å². The molecule has 1 aliphatic rings. The second-order valence-electron chi connectivity index (χ2n) is 4.82. The van der Waals surface area contributed by atoms with E-state index in [-0.39, 0.29) is 6.03 Å². The van der Waals surface area contributed by atoms with Gasteiger partial charge in [-0.1, -0.05) is 6.92 Å². The number of rotatable bonds is 7. The lowest BCUT2D eigenvalue weighted by atomic mass is 9.99. The van der Waals surface area contributed by atoms with Crippen molar-refractivity contribution in [3.05, 3.63) is 0 Å². The van der Waals surface area contributed by atoms with Gasteiger partial charge in [-0.05, 0) is 25.7 Å². The van der Waals surface area contributed by atoms with Gasteiger partial charge in [0, 0.05) is 32.8 Å². The Kier molecular flexibility index (Phi) is 7.25. The summed E-state index contributed by atoms with van der Waals surface area (Å²) in [6, 6.07) is -0.165. The largest absolute Gasteiger partial charge is 0.481 e. The maximum Gasteiger partial charge on any atom is 0.317 e. The van der Waals surface area contributed by atoms with Crippen molar-refractivity contribution in [2.24, 2.45) is 5.92 Å². The molecule has 1 unspecified atom stereocenters. The molecule has 1 fully saturated rings. The van der Waals surface area contributed by atoms with Crippen molar-refractivity contribution < 1.29 is 19.4 Å². The molecule has 1 saturated heterocycles. The lowest BCUT2D eigenvalue weighted by Gasteiger charge is -2.30. The minimum absolute atomic E-state index is 0.165. The van der Waals surface area contributed by atoms with E-state index in [1.54, 1.807) is 4.90 Å². The van der Waals surface area contributed by atoms with Crippen molar-refractivity contribution in [3.63, 3.8) is 0 Å². The highest BCUT2D eigenvalue weighted by molar-refractivity contribution is 5.76. The summed E-state index contributed by atoms with van der Waals surface area (Å²) in [4.78, 5) is 24.3. The summed E-state index contributed by atoms with van der Waals surface area (Å²) < 4.78 is 5.32. The molecule has 110 valence electrons. The SMILES string of the molecule is CCCOCCCNC(=O)N1CCCC(C(=O)O)C1. The zero-order valence-electron chi connectivity index (χ0n) is 11.6. The van der Waals surface area contributed by atoms with Crippen molar-refractivity contribution in [1.29, 1.82) is 0 Å². The molecule has 0 aromatic rings. The summed E-state index contributed by atoms with van der Waals surface area (Å²) in [6.45, 7) is 4.97. The number of nitrogens with one attached hydrogen (secondary N) is 1. The molecular weight excluding hydrogens is 248 g/mol. The van der Waals surface area contributed by atoms with Gasteiger partial charge in [0.2, 0.25) is 0 Å². The lowest BCUT2D eigenvalue weighted by Crippen LogP contribution is -2.47.